The van der Waals surface area contributed by atoms with Gasteiger partial charge in [-0.15, -0.1) is 0 Å². The molecule has 0 aliphatic carbocycles. The summed E-state index contributed by atoms with van der Waals surface area (Å²) in [6, 6.07) is 4.96. The van der Waals surface area contributed by atoms with Gasteiger partial charge in [-0.3, -0.25) is 0 Å². The van der Waals surface area contributed by atoms with Crippen molar-refractivity contribution in [2.24, 2.45) is 0 Å². The number of halogens is 2. The lowest BCUT2D eigenvalue weighted by atomic mass is 10.0. The van der Waals surface area contributed by atoms with Crippen molar-refractivity contribution >= 4 is 15.9 Å². The quantitative estimate of drug-likeness (QED) is 0.787. The average molecular weight is 303 g/mol. The molecular weight excluding hydrogens is 287 g/mol. The molecule has 4 heteroatoms. The molecule has 0 amide bonds. The summed E-state index contributed by atoms with van der Waals surface area (Å²) in [7, 11) is 1.53. The van der Waals surface area contributed by atoms with E-state index in [1.807, 2.05) is 0 Å². The molecule has 1 saturated heterocycles. The van der Waals surface area contributed by atoms with E-state index in [2.05, 4.69) is 15.9 Å². The number of benzene rings is 1. The van der Waals surface area contributed by atoms with Gasteiger partial charge < -0.3 is 9.47 Å². The highest BCUT2D eigenvalue weighted by Gasteiger charge is 2.22. The Balaban J connectivity index is 2.04. The van der Waals surface area contributed by atoms with Crippen LogP contribution < -0.4 is 4.74 Å². The Morgan fingerprint density at radius 1 is 1.59 bits per heavy atom. The molecule has 1 heterocycles. The van der Waals surface area contributed by atoms with Crippen LogP contribution in [0.1, 0.15) is 29.7 Å². The maximum Gasteiger partial charge on any atom is 0.131 e. The van der Waals surface area contributed by atoms with Gasteiger partial charge in [-0.05, 0) is 25.3 Å². The maximum atomic E-state index is 13.8. The van der Waals surface area contributed by atoms with E-state index >= 15 is 0 Å². The molecule has 94 valence electrons. The van der Waals surface area contributed by atoms with Crippen molar-refractivity contribution in [3.63, 3.8) is 0 Å². The molecule has 1 aliphatic rings. The van der Waals surface area contributed by atoms with Gasteiger partial charge in [0, 0.05) is 23.1 Å². The monoisotopic (exact) mass is 302 g/mol. The van der Waals surface area contributed by atoms with Gasteiger partial charge in [-0.25, -0.2) is 4.39 Å². The number of ether oxygens (including phenoxy) is 2. The summed E-state index contributed by atoms with van der Waals surface area (Å²) in [5, 5.41) is 0. The Hall–Kier alpha value is -0.610. The molecule has 1 aliphatic heterocycles. The Morgan fingerprint density at radius 3 is 3.00 bits per heavy atom. The first-order valence-electron chi connectivity index (χ1n) is 5.80. The highest BCUT2D eigenvalue weighted by Crippen LogP contribution is 2.34. The molecule has 1 aromatic carbocycles. The second kappa shape index (κ2) is 5.83. The summed E-state index contributed by atoms with van der Waals surface area (Å²) < 4.78 is 24.3. The van der Waals surface area contributed by atoms with E-state index in [9.17, 15) is 4.39 Å². The van der Waals surface area contributed by atoms with E-state index < -0.39 is 0 Å². The van der Waals surface area contributed by atoms with E-state index in [1.165, 1.54) is 13.2 Å². The minimum absolute atomic E-state index is 0.00324. The smallest absolute Gasteiger partial charge is 0.131 e. The number of rotatable bonds is 4. The van der Waals surface area contributed by atoms with Gasteiger partial charge in [0.15, 0.2) is 0 Å². The molecule has 0 spiro atoms. The van der Waals surface area contributed by atoms with Crippen LogP contribution in [0.3, 0.4) is 0 Å². The molecule has 2 atom stereocenters. The molecule has 2 rings (SSSR count). The van der Waals surface area contributed by atoms with Crippen molar-refractivity contribution in [1.29, 1.82) is 0 Å². The Morgan fingerprint density at radius 2 is 2.41 bits per heavy atom. The van der Waals surface area contributed by atoms with Gasteiger partial charge in [0.05, 0.1) is 13.2 Å². The summed E-state index contributed by atoms with van der Waals surface area (Å²) >= 11 is 3.53. The van der Waals surface area contributed by atoms with Crippen LogP contribution in [0.4, 0.5) is 4.39 Å². The highest BCUT2D eigenvalue weighted by atomic mass is 79.9. The van der Waals surface area contributed by atoms with E-state index in [-0.39, 0.29) is 16.7 Å². The van der Waals surface area contributed by atoms with Gasteiger partial charge in [-0.1, -0.05) is 22.0 Å². The molecule has 1 aromatic rings. The fraction of sp³-hybridized carbons (Fsp3) is 0.538. The molecule has 0 saturated carbocycles. The number of alkyl halides is 1. The first kappa shape index (κ1) is 12.8. The van der Waals surface area contributed by atoms with Gasteiger partial charge in [0.25, 0.3) is 0 Å². The third-order valence-corrected chi connectivity index (χ3v) is 3.91. The summed E-state index contributed by atoms with van der Waals surface area (Å²) in [5.41, 5.74) is 0.668. The topological polar surface area (TPSA) is 18.5 Å². The van der Waals surface area contributed by atoms with Crippen LogP contribution in [-0.4, -0.2) is 19.8 Å². The Labute approximate surface area is 109 Å². The van der Waals surface area contributed by atoms with Crippen LogP contribution in [0.25, 0.3) is 0 Å². The largest absolute Gasteiger partial charge is 0.497 e. The summed E-state index contributed by atoms with van der Waals surface area (Å²) in [5.74, 6) is 0.312. The second-order valence-electron chi connectivity index (χ2n) is 4.23. The predicted octanol–water partition coefficient (Wildman–Crippen LogP) is 3.84. The van der Waals surface area contributed by atoms with Crippen LogP contribution in [0.15, 0.2) is 18.2 Å². The lowest BCUT2D eigenvalue weighted by Crippen LogP contribution is -2.09. The normalized spacial score (nSPS) is 21.5. The Bertz CT molecular complexity index is 378. The second-order valence-corrected chi connectivity index (χ2v) is 5.33. The van der Waals surface area contributed by atoms with Crippen molar-refractivity contribution in [3.05, 3.63) is 29.6 Å². The first-order chi connectivity index (χ1) is 8.20. The van der Waals surface area contributed by atoms with Gasteiger partial charge in [-0.2, -0.15) is 0 Å². The number of hydrogen-bond donors (Lipinski definition) is 0. The zero-order valence-electron chi connectivity index (χ0n) is 9.79. The zero-order valence-corrected chi connectivity index (χ0v) is 11.4. The van der Waals surface area contributed by atoms with E-state index in [4.69, 9.17) is 9.47 Å². The van der Waals surface area contributed by atoms with Crippen LogP contribution in [-0.2, 0) is 4.74 Å². The molecule has 0 radical (unpaired) electrons. The average Bonchev–Trinajstić information content (AvgIpc) is 2.81. The maximum absolute atomic E-state index is 13.8. The fourth-order valence-corrected chi connectivity index (χ4v) is 2.87. The predicted molar refractivity (Wildman–Crippen MR) is 68.2 cm³/mol. The minimum atomic E-state index is -0.232. The van der Waals surface area contributed by atoms with Crippen molar-refractivity contribution < 1.29 is 13.9 Å². The molecule has 0 aromatic heterocycles. The molecule has 2 unspecified atom stereocenters. The Kier molecular flexibility index (Phi) is 4.40. The van der Waals surface area contributed by atoms with E-state index in [0.29, 0.717) is 11.3 Å². The van der Waals surface area contributed by atoms with Gasteiger partial charge in [0.2, 0.25) is 0 Å². The van der Waals surface area contributed by atoms with Crippen molar-refractivity contribution in [2.45, 2.75) is 30.2 Å². The van der Waals surface area contributed by atoms with Crippen LogP contribution >= 0.6 is 15.9 Å². The van der Waals surface area contributed by atoms with Crippen molar-refractivity contribution in [3.8, 4) is 5.75 Å². The summed E-state index contributed by atoms with van der Waals surface area (Å²) in [4.78, 5) is -0.00324. The van der Waals surface area contributed by atoms with E-state index in [1.54, 1.807) is 12.1 Å². The molecule has 17 heavy (non-hydrogen) atoms. The van der Waals surface area contributed by atoms with Gasteiger partial charge >= 0.3 is 0 Å². The van der Waals surface area contributed by atoms with Crippen LogP contribution in [0.5, 0.6) is 5.75 Å². The lowest BCUT2D eigenvalue weighted by Gasteiger charge is -2.16. The lowest BCUT2D eigenvalue weighted by molar-refractivity contribution is 0.104. The molecule has 1 fully saturated rings. The summed E-state index contributed by atoms with van der Waals surface area (Å²) in [6.07, 6.45) is 3.24. The fourth-order valence-electron chi connectivity index (χ4n) is 2.08. The first-order valence-corrected chi connectivity index (χ1v) is 6.71. The number of methoxy groups -OCH3 is 1. The van der Waals surface area contributed by atoms with Gasteiger partial charge in [0.1, 0.15) is 11.6 Å². The minimum Gasteiger partial charge on any atom is -0.497 e. The van der Waals surface area contributed by atoms with Crippen LogP contribution in [0, 0.1) is 5.82 Å². The zero-order chi connectivity index (χ0) is 12.3. The summed E-state index contributed by atoms with van der Waals surface area (Å²) in [6.45, 7) is 0.829. The molecule has 0 N–H and O–H groups in total. The third kappa shape index (κ3) is 3.19. The third-order valence-electron chi connectivity index (χ3n) is 3.04. The standard InChI is InChI=1S/C13H16BrFO2/c1-16-9-4-5-11(13(15)8-9)12(14)7-10-3-2-6-17-10/h4-5,8,10,12H,2-3,6-7H2,1H3. The highest BCUT2D eigenvalue weighted by molar-refractivity contribution is 9.09. The van der Waals surface area contributed by atoms with E-state index in [0.717, 1.165) is 25.9 Å². The van der Waals surface area contributed by atoms with Crippen molar-refractivity contribution in [1.82, 2.24) is 0 Å². The van der Waals surface area contributed by atoms with Crippen molar-refractivity contribution in [2.75, 3.05) is 13.7 Å². The molecule has 2 nitrogen and oxygen atoms in total. The number of hydrogen-bond acceptors (Lipinski definition) is 2. The SMILES string of the molecule is COc1ccc(C(Br)CC2CCCO2)c(F)c1. The van der Waals surface area contributed by atoms with Crippen LogP contribution in [0.2, 0.25) is 0 Å². The molecular formula is C13H16BrFO2. The molecule has 0 bridgehead atoms.